The van der Waals surface area contributed by atoms with Gasteiger partial charge in [0.2, 0.25) is 5.91 Å². The fourth-order valence-corrected chi connectivity index (χ4v) is 5.09. The number of carbonyl (C=O) groups excluding carboxylic acids is 1. The van der Waals surface area contributed by atoms with Gasteiger partial charge in [0.25, 0.3) is 5.56 Å². The third kappa shape index (κ3) is 3.13. The van der Waals surface area contributed by atoms with Gasteiger partial charge in [-0.3, -0.25) is 14.2 Å². The maximum absolute atomic E-state index is 12.8. The van der Waals surface area contributed by atoms with Crippen molar-refractivity contribution in [2.24, 2.45) is 0 Å². The average Bonchev–Trinajstić information content (AvgIpc) is 3.24. The molecule has 0 fully saturated rings. The molecule has 0 bridgehead atoms. The van der Waals surface area contributed by atoms with Crippen molar-refractivity contribution in [1.82, 2.24) is 9.55 Å². The molecule has 2 aromatic carbocycles. The number of hydrogen-bond acceptors (Lipinski definition) is 4. The van der Waals surface area contributed by atoms with Gasteiger partial charge in [-0.2, -0.15) is 0 Å². The van der Waals surface area contributed by atoms with Crippen LogP contribution in [0.4, 0.5) is 5.69 Å². The quantitative estimate of drug-likeness (QED) is 0.464. The second-order valence-electron chi connectivity index (χ2n) is 7.71. The molecule has 30 heavy (non-hydrogen) atoms. The van der Waals surface area contributed by atoms with Crippen LogP contribution in [0.2, 0.25) is 0 Å². The predicted octanol–water partition coefficient (Wildman–Crippen LogP) is 4.67. The lowest BCUT2D eigenvalue weighted by atomic mass is 10.1. The van der Waals surface area contributed by atoms with Crippen molar-refractivity contribution in [2.45, 2.75) is 33.2 Å². The van der Waals surface area contributed by atoms with Crippen LogP contribution in [0.15, 0.2) is 53.6 Å². The van der Waals surface area contributed by atoms with E-state index < -0.39 is 0 Å². The van der Waals surface area contributed by atoms with E-state index in [-0.39, 0.29) is 17.9 Å². The first-order chi connectivity index (χ1) is 14.5. The molecule has 1 amide bonds. The van der Waals surface area contributed by atoms with Crippen LogP contribution in [-0.4, -0.2) is 15.5 Å². The number of aromatic nitrogens is 2. The van der Waals surface area contributed by atoms with Crippen molar-refractivity contribution in [3.63, 3.8) is 0 Å². The zero-order valence-electron chi connectivity index (χ0n) is 16.9. The van der Waals surface area contributed by atoms with E-state index in [1.807, 2.05) is 26.0 Å². The fraction of sp³-hybridized carbons (Fsp3) is 0.208. The lowest BCUT2D eigenvalue weighted by Gasteiger charge is -2.09. The van der Waals surface area contributed by atoms with Gasteiger partial charge in [-0.1, -0.05) is 30.3 Å². The Labute approximate surface area is 178 Å². The number of carbonyl (C=O) groups is 1. The highest BCUT2D eigenvalue weighted by Crippen LogP contribution is 2.37. The Morgan fingerprint density at radius 1 is 1.13 bits per heavy atom. The van der Waals surface area contributed by atoms with Crippen molar-refractivity contribution < 1.29 is 4.79 Å². The van der Waals surface area contributed by atoms with Gasteiger partial charge < -0.3 is 5.32 Å². The second kappa shape index (κ2) is 7.22. The third-order valence-electron chi connectivity index (χ3n) is 5.81. The highest BCUT2D eigenvalue weighted by atomic mass is 32.1. The summed E-state index contributed by atoms with van der Waals surface area (Å²) in [5.74, 6) is -0.115. The molecule has 1 N–H and O–H groups in total. The number of anilines is 1. The van der Waals surface area contributed by atoms with Gasteiger partial charge in [0.05, 0.1) is 11.7 Å². The van der Waals surface area contributed by atoms with Crippen molar-refractivity contribution in [1.29, 1.82) is 0 Å². The zero-order chi connectivity index (χ0) is 20.8. The van der Waals surface area contributed by atoms with Gasteiger partial charge >= 0.3 is 0 Å². The van der Waals surface area contributed by atoms with E-state index in [4.69, 9.17) is 0 Å². The first-order valence-corrected chi connectivity index (χ1v) is 10.8. The summed E-state index contributed by atoms with van der Waals surface area (Å²) in [5.41, 5.74) is 6.73. The summed E-state index contributed by atoms with van der Waals surface area (Å²) in [7, 11) is 0. The molecule has 1 aliphatic carbocycles. The summed E-state index contributed by atoms with van der Waals surface area (Å²) in [6.45, 7) is 4.24. The van der Waals surface area contributed by atoms with Gasteiger partial charge in [-0.05, 0) is 60.2 Å². The predicted molar refractivity (Wildman–Crippen MR) is 121 cm³/mol. The van der Waals surface area contributed by atoms with Crippen molar-refractivity contribution in [2.75, 3.05) is 5.32 Å². The molecule has 0 aliphatic heterocycles. The average molecular weight is 416 g/mol. The van der Waals surface area contributed by atoms with E-state index in [2.05, 4.69) is 40.6 Å². The standard InChI is InChI=1S/C24H21N3O2S/c1-14-15(2)30-23-22(14)24(29)27(13-25-23)10-9-21(28)26-18-7-8-20-17(12-18)11-16-5-3-4-6-19(16)20/h3-8,12-13H,9-11H2,1-2H3,(H,26,28). The molecule has 0 atom stereocenters. The van der Waals surface area contributed by atoms with E-state index in [0.717, 1.165) is 27.4 Å². The molecule has 4 aromatic rings. The van der Waals surface area contributed by atoms with E-state index in [1.54, 1.807) is 6.33 Å². The Bertz CT molecular complexity index is 1370. The van der Waals surface area contributed by atoms with E-state index in [9.17, 15) is 9.59 Å². The normalized spacial score (nSPS) is 12.1. The smallest absolute Gasteiger partial charge is 0.262 e. The number of hydrogen-bond donors (Lipinski definition) is 1. The molecule has 5 rings (SSSR count). The molecule has 0 radical (unpaired) electrons. The van der Waals surface area contributed by atoms with Gasteiger partial charge in [0.1, 0.15) is 4.83 Å². The number of fused-ring (bicyclic) bond motifs is 4. The van der Waals surface area contributed by atoms with E-state index in [0.29, 0.717) is 11.9 Å². The monoisotopic (exact) mass is 415 g/mol. The maximum atomic E-state index is 12.8. The molecule has 150 valence electrons. The highest BCUT2D eigenvalue weighted by Gasteiger charge is 2.18. The summed E-state index contributed by atoms with van der Waals surface area (Å²) in [4.78, 5) is 31.5. The van der Waals surface area contributed by atoms with Crippen molar-refractivity contribution in [3.8, 4) is 11.1 Å². The summed E-state index contributed by atoms with van der Waals surface area (Å²) in [6, 6.07) is 14.4. The van der Waals surface area contributed by atoms with Gasteiger partial charge in [0, 0.05) is 23.5 Å². The first kappa shape index (κ1) is 18.8. The molecular formula is C24H21N3O2S. The van der Waals surface area contributed by atoms with Crippen LogP contribution in [0.1, 0.15) is 28.0 Å². The van der Waals surface area contributed by atoms with Crippen LogP contribution < -0.4 is 10.9 Å². The van der Waals surface area contributed by atoms with Crippen LogP contribution in [0.25, 0.3) is 21.3 Å². The molecule has 6 heteroatoms. The molecule has 0 saturated carbocycles. The third-order valence-corrected chi connectivity index (χ3v) is 6.93. The van der Waals surface area contributed by atoms with Crippen LogP contribution in [0.5, 0.6) is 0 Å². The topological polar surface area (TPSA) is 64.0 Å². The van der Waals surface area contributed by atoms with Gasteiger partial charge in [-0.15, -0.1) is 11.3 Å². The Balaban J connectivity index is 1.29. The number of thiophene rings is 1. The molecule has 2 heterocycles. The van der Waals surface area contributed by atoms with Gasteiger partial charge in [-0.25, -0.2) is 4.98 Å². The van der Waals surface area contributed by atoms with Crippen LogP contribution in [0, 0.1) is 13.8 Å². The van der Waals surface area contributed by atoms with Crippen molar-refractivity contribution >= 4 is 33.1 Å². The van der Waals surface area contributed by atoms with E-state index in [1.165, 1.54) is 38.2 Å². The molecule has 1 aliphatic rings. The van der Waals surface area contributed by atoms with E-state index >= 15 is 0 Å². The molecule has 0 unspecified atom stereocenters. The lowest BCUT2D eigenvalue weighted by Crippen LogP contribution is -2.23. The summed E-state index contributed by atoms with van der Waals surface area (Å²) in [5, 5.41) is 3.63. The number of nitrogens with zero attached hydrogens (tertiary/aromatic N) is 2. The van der Waals surface area contributed by atoms with Crippen LogP contribution in [0.3, 0.4) is 0 Å². The number of aryl methyl sites for hydroxylation is 3. The Morgan fingerprint density at radius 3 is 2.80 bits per heavy atom. The fourth-order valence-electron chi connectivity index (χ4n) is 4.10. The summed E-state index contributed by atoms with van der Waals surface area (Å²) in [6.07, 6.45) is 2.64. The SMILES string of the molecule is Cc1sc2ncn(CCC(=O)Nc3ccc4c(c3)Cc3ccccc3-4)c(=O)c2c1C. The minimum Gasteiger partial charge on any atom is -0.326 e. The maximum Gasteiger partial charge on any atom is 0.262 e. The number of nitrogens with one attached hydrogen (secondary N) is 1. The molecular weight excluding hydrogens is 394 g/mol. The largest absolute Gasteiger partial charge is 0.326 e. The van der Waals surface area contributed by atoms with Crippen LogP contribution >= 0.6 is 11.3 Å². The van der Waals surface area contributed by atoms with Crippen molar-refractivity contribution in [3.05, 3.63) is 80.7 Å². The Morgan fingerprint density at radius 2 is 1.93 bits per heavy atom. The number of rotatable bonds is 4. The summed E-state index contributed by atoms with van der Waals surface area (Å²) < 4.78 is 1.53. The van der Waals surface area contributed by atoms with Gasteiger partial charge in [0.15, 0.2) is 0 Å². The Kier molecular flexibility index (Phi) is 4.51. The lowest BCUT2D eigenvalue weighted by molar-refractivity contribution is -0.116. The molecule has 2 aromatic heterocycles. The minimum atomic E-state index is -0.115. The molecule has 0 spiro atoms. The highest BCUT2D eigenvalue weighted by molar-refractivity contribution is 7.18. The second-order valence-corrected chi connectivity index (χ2v) is 8.91. The molecule has 5 nitrogen and oxygen atoms in total. The number of amides is 1. The summed E-state index contributed by atoms with van der Waals surface area (Å²) >= 11 is 1.53. The molecule has 0 saturated heterocycles. The Hall–Kier alpha value is -3.25. The number of benzene rings is 2. The zero-order valence-corrected chi connectivity index (χ0v) is 17.7. The minimum absolute atomic E-state index is 0.0788. The first-order valence-electron chi connectivity index (χ1n) is 9.97. The van der Waals surface area contributed by atoms with Crippen LogP contribution in [-0.2, 0) is 17.8 Å².